The summed E-state index contributed by atoms with van der Waals surface area (Å²) < 4.78 is 0. The third kappa shape index (κ3) is 5.11. The molecule has 28 heavy (non-hydrogen) atoms. The summed E-state index contributed by atoms with van der Waals surface area (Å²) in [5.74, 6) is 0. The average Bonchev–Trinajstić information content (AvgIpc) is 2.67. The number of benzene rings is 2. The minimum absolute atomic E-state index is 0.726. The molecule has 0 saturated carbocycles. The molecule has 0 bridgehead atoms. The van der Waals surface area contributed by atoms with Crippen LogP contribution in [0.25, 0.3) is 6.08 Å². The van der Waals surface area contributed by atoms with Crippen LogP contribution in [0.5, 0.6) is 0 Å². The van der Waals surface area contributed by atoms with Gasteiger partial charge in [-0.3, -0.25) is 4.99 Å². The molecular formula is C26H37NSi. The summed E-state index contributed by atoms with van der Waals surface area (Å²) in [5.41, 5.74) is 9.67. The van der Waals surface area contributed by atoms with Gasteiger partial charge >= 0.3 is 0 Å². The van der Waals surface area contributed by atoms with Gasteiger partial charge in [-0.25, -0.2) is 0 Å². The Morgan fingerprint density at radius 2 is 1.36 bits per heavy atom. The van der Waals surface area contributed by atoms with Crippen molar-refractivity contribution in [3.63, 3.8) is 0 Å². The highest BCUT2D eigenvalue weighted by atomic mass is 28.3. The lowest BCUT2D eigenvalue weighted by Gasteiger charge is -2.40. The molecule has 0 saturated heterocycles. The molecule has 1 nitrogen and oxygen atoms in total. The number of nitrogens with zero attached hydrogens (tertiary/aromatic N) is 1. The standard InChI is InChI=1S/C26H37NSi/c1-20(2)28(21(3)4,22(5)6)18-17-25-15-11-12-16-26(25)23(7)27-19-24-13-9-8-10-14-24/h8-18,20-22H,19H2,1-7H3/b18-17+,27-23?. The molecule has 0 radical (unpaired) electrons. The van der Waals surface area contributed by atoms with E-state index in [0.29, 0.717) is 0 Å². The lowest BCUT2D eigenvalue weighted by Crippen LogP contribution is -2.42. The molecule has 2 aromatic rings. The number of rotatable bonds is 8. The molecule has 150 valence electrons. The molecule has 0 aliphatic rings. The molecule has 0 amide bonds. The molecule has 2 heteroatoms. The summed E-state index contributed by atoms with van der Waals surface area (Å²) in [4.78, 5) is 4.87. The van der Waals surface area contributed by atoms with Crippen LogP contribution in [-0.2, 0) is 6.54 Å². The Hall–Kier alpha value is -1.93. The van der Waals surface area contributed by atoms with E-state index in [1.807, 2.05) is 0 Å². The van der Waals surface area contributed by atoms with Crippen LogP contribution < -0.4 is 0 Å². The van der Waals surface area contributed by atoms with Crippen LogP contribution in [-0.4, -0.2) is 13.8 Å². The van der Waals surface area contributed by atoms with Crippen molar-refractivity contribution >= 4 is 19.9 Å². The van der Waals surface area contributed by atoms with Crippen molar-refractivity contribution in [3.05, 3.63) is 77.0 Å². The summed E-state index contributed by atoms with van der Waals surface area (Å²) in [7, 11) is -1.56. The van der Waals surface area contributed by atoms with Crippen LogP contribution in [0, 0.1) is 0 Å². The van der Waals surface area contributed by atoms with E-state index in [0.717, 1.165) is 28.9 Å². The van der Waals surface area contributed by atoms with Gasteiger partial charge in [-0.15, -0.1) is 0 Å². The van der Waals surface area contributed by atoms with Crippen molar-refractivity contribution in [3.8, 4) is 0 Å². The van der Waals surface area contributed by atoms with Gasteiger partial charge < -0.3 is 0 Å². The summed E-state index contributed by atoms with van der Waals surface area (Å²) in [6.07, 6.45) is 2.39. The summed E-state index contributed by atoms with van der Waals surface area (Å²) in [5, 5.41) is 0. The van der Waals surface area contributed by atoms with Crippen LogP contribution in [0.1, 0.15) is 65.2 Å². The first kappa shape index (κ1) is 22.4. The zero-order valence-electron chi connectivity index (χ0n) is 18.7. The van der Waals surface area contributed by atoms with Gasteiger partial charge in [0.15, 0.2) is 0 Å². The fourth-order valence-corrected chi connectivity index (χ4v) is 10.3. The van der Waals surface area contributed by atoms with Crippen LogP contribution in [0.2, 0.25) is 16.6 Å². The van der Waals surface area contributed by atoms with E-state index < -0.39 is 8.07 Å². The van der Waals surface area contributed by atoms with Crippen LogP contribution in [0.4, 0.5) is 0 Å². The Bertz CT molecular complexity index is 778. The van der Waals surface area contributed by atoms with Crippen molar-refractivity contribution in [1.82, 2.24) is 0 Å². The molecule has 0 spiro atoms. The van der Waals surface area contributed by atoms with E-state index in [9.17, 15) is 0 Å². The van der Waals surface area contributed by atoms with E-state index in [2.05, 4.69) is 115 Å². The van der Waals surface area contributed by atoms with Gasteiger partial charge in [0.2, 0.25) is 0 Å². The number of hydrogen-bond acceptors (Lipinski definition) is 1. The molecule has 0 N–H and O–H groups in total. The molecule has 0 unspecified atom stereocenters. The molecule has 0 aliphatic carbocycles. The zero-order valence-corrected chi connectivity index (χ0v) is 19.7. The van der Waals surface area contributed by atoms with Crippen molar-refractivity contribution in [2.45, 2.75) is 71.6 Å². The SMILES string of the molecule is CC(=NCc1ccccc1)c1ccccc1/C=C/[Si](C(C)C)(C(C)C)C(C)C. The van der Waals surface area contributed by atoms with E-state index in [-0.39, 0.29) is 0 Å². The second-order valence-electron chi connectivity index (χ2n) is 8.77. The highest BCUT2D eigenvalue weighted by Crippen LogP contribution is 2.42. The Labute approximate surface area is 173 Å². The van der Waals surface area contributed by atoms with Gasteiger partial charge in [0.25, 0.3) is 0 Å². The van der Waals surface area contributed by atoms with E-state index >= 15 is 0 Å². The number of hydrogen-bond donors (Lipinski definition) is 0. The fraction of sp³-hybridized carbons (Fsp3) is 0.423. The normalized spacial score (nSPS) is 13.3. The molecular weight excluding hydrogens is 354 g/mol. The largest absolute Gasteiger partial charge is 0.285 e. The Balaban J connectivity index is 2.36. The maximum atomic E-state index is 4.87. The smallest absolute Gasteiger partial charge is 0.0853 e. The minimum atomic E-state index is -1.56. The molecule has 2 rings (SSSR count). The van der Waals surface area contributed by atoms with E-state index in [1.165, 1.54) is 16.7 Å². The topological polar surface area (TPSA) is 12.4 Å². The Morgan fingerprint density at radius 3 is 1.93 bits per heavy atom. The molecule has 0 fully saturated rings. The second kappa shape index (κ2) is 10.0. The molecule has 0 atom stereocenters. The highest BCUT2D eigenvalue weighted by molar-refractivity contribution is 6.88. The van der Waals surface area contributed by atoms with Gasteiger partial charge in [-0.2, -0.15) is 0 Å². The third-order valence-corrected chi connectivity index (χ3v) is 13.0. The van der Waals surface area contributed by atoms with Crippen LogP contribution in [0.3, 0.4) is 0 Å². The van der Waals surface area contributed by atoms with Gasteiger partial charge in [0.1, 0.15) is 0 Å². The Morgan fingerprint density at radius 1 is 0.821 bits per heavy atom. The first-order valence-electron chi connectivity index (χ1n) is 10.6. The van der Waals surface area contributed by atoms with Crippen molar-refractivity contribution < 1.29 is 0 Å². The maximum Gasteiger partial charge on any atom is 0.0853 e. The summed E-state index contributed by atoms with van der Waals surface area (Å²) >= 11 is 0. The molecule has 0 aliphatic heterocycles. The predicted octanol–water partition coefficient (Wildman–Crippen LogP) is 7.93. The molecule has 0 heterocycles. The maximum absolute atomic E-state index is 4.87. The first-order chi connectivity index (χ1) is 13.3. The lowest BCUT2D eigenvalue weighted by molar-refractivity contribution is 0.834. The monoisotopic (exact) mass is 391 g/mol. The highest BCUT2D eigenvalue weighted by Gasteiger charge is 2.40. The first-order valence-corrected chi connectivity index (χ1v) is 12.9. The van der Waals surface area contributed by atoms with Crippen LogP contribution in [0.15, 0.2) is 65.3 Å². The van der Waals surface area contributed by atoms with E-state index in [4.69, 9.17) is 4.99 Å². The molecule has 2 aromatic carbocycles. The van der Waals surface area contributed by atoms with Gasteiger partial charge in [-0.1, -0.05) is 108 Å². The average molecular weight is 392 g/mol. The van der Waals surface area contributed by atoms with Gasteiger partial charge in [0, 0.05) is 11.3 Å². The van der Waals surface area contributed by atoms with Crippen molar-refractivity contribution in [2.24, 2.45) is 4.99 Å². The quantitative estimate of drug-likeness (QED) is 0.320. The second-order valence-corrected chi connectivity index (χ2v) is 14.6. The fourth-order valence-electron chi connectivity index (χ4n) is 4.66. The minimum Gasteiger partial charge on any atom is -0.285 e. The van der Waals surface area contributed by atoms with Crippen molar-refractivity contribution in [2.75, 3.05) is 0 Å². The predicted molar refractivity (Wildman–Crippen MR) is 129 cm³/mol. The van der Waals surface area contributed by atoms with E-state index in [1.54, 1.807) is 0 Å². The zero-order chi connectivity index (χ0) is 20.7. The summed E-state index contributed by atoms with van der Waals surface area (Å²) in [6.45, 7) is 17.3. The lowest BCUT2D eigenvalue weighted by atomic mass is 10.0. The van der Waals surface area contributed by atoms with Gasteiger partial charge in [0.05, 0.1) is 14.6 Å². The molecule has 0 aromatic heterocycles. The van der Waals surface area contributed by atoms with Gasteiger partial charge in [-0.05, 0) is 34.7 Å². The third-order valence-electron chi connectivity index (χ3n) is 6.24. The van der Waals surface area contributed by atoms with Crippen LogP contribution >= 0.6 is 0 Å². The number of aliphatic imine (C=N–C) groups is 1. The van der Waals surface area contributed by atoms with Crippen molar-refractivity contribution in [1.29, 1.82) is 0 Å². The Kier molecular flexibility index (Phi) is 8.00. The summed E-state index contributed by atoms with van der Waals surface area (Å²) in [6, 6.07) is 19.2.